The van der Waals surface area contributed by atoms with Gasteiger partial charge in [0, 0.05) is 54.5 Å². The van der Waals surface area contributed by atoms with Crippen LogP contribution in [0, 0.1) is 0 Å². The van der Waals surface area contributed by atoms with E-state index >= 15 is 0 Å². The predicted molar refractivity (Wildman–Crippen MR) is 190 cm³/mol. The summed E-state index contributed by atoms with van der Waals surface area (Å²) in [7, 11) is 0. The van der Waals surface area contributed by atoms with Crippen LogP contribution in [-0.2, 0) is 0 Å². The van der Waals surface area contributed by atoms with E-state index in [1.54, 1.807) is 0 Å². The Bertz CT molecular complexity index is 2930. The van der Waals surface area contributed by atoms with E-state index in [1.165, 1.54) is 93.1 Å². The van der Waals surface area contributed by atoms with Crippen molar-refractivity contribution in [1.82, 2.24) is 13.5 Å². The second-order valence-corrected chi connectivity index (χ2v) is 12.2. The molecule has 0 N–H and O–H groups in total. The maximum absolute atomic E-state index is 2.45. The van der Waals surface area contributed by atoms with Crippen molar-refractivity contribution >= 4 is 81.7 Å². The molecule has 0 radical (unpaired) electrons. The molecule has 0 bridgehead atoms. The van der Waals surface area contributed by atoms with Crippen molar-refractivity contribution in [3.8, 4) is 11.4 Å². The molecule has 3 heteroatoms. The first kappa shape index (κ1) is 23.4. The molecule has 11 rings (SSSR count). The molecule has 0 saturated carbocycles. The summed E-state index contributed by atoms with van der Waals surface area (Å²) in [5.41, 5.74) is 11.1. The first-order valence-electron chi connectivity index (χ1n) is 15.5. The number of benzene rings is 7. The van der Waals surface area contributed by atoms with Gasteiger partial charge >= 0.3 is 0 Å². The molecule has 208 valence electrons. The van der Waals surface area contributed by atoms with Gasteiger partial charge in [0.15, 0.2) is 0 Å². The average Bonchev–Trinajstić information content (AvgIpc) is 3.82. The number of rotatable bonds is 2. The molecular formula is C42H25N3. The molecule has 45 heavy (non-hydrogen) atoms. The summed E-state index contributed by atoms with van der Waals surface area (Å²) < 4.78 is 7.29. The molecule has 0 spiro atoms. The van der Waals surface area contributed by atoms with Crippen molar-refractivity contribution in [1.29, 1.82) is 0 Å². The third-order valence-corrected chi connectivity index (χ3v) is 9.96. The van der Waals surface area contributed by atoms with E-state index in [0.717, 1.165) is 0 Å². The fraction of sp³-hybridized carbons (Fsp3) is 0. The summed E-state index contributed by atoms with van der Waals surface area (Å²) in [4.78, 5) is 0. The zero-order chi connectivity index (χ0) is 29.2. The number of para-hydroxylation sites is 5. The van der Waals surface area contributed by atoms with Crippen LogP contribution in [0.25, 0.3) is 93.1 Å². The van der Waals surface area contributed by atoms with Gasteiger partial charge in [-0.2, -0.15) is 0 Å². The van der Waals surface area contributed by atoms with Gasteiger partial charge in [-0.3, -0.25) is 0 Å². The summed E-state index contributed by atoms with van der Waals surface area (Å²) >= 11 is 0. The van der Waals surface area contributed by atoms with Crippen LogP contribution in [0.3, 0.4) is 0 Å². The van der Waals surface area contributed by atoms with E-state index in [1.807, 2.05) is 0 Å². The maximum atomic E-state index is 2.45. The van der Waals surface area contributed by atoms with E-state index in [2.05, 4.69) is 165 Å². The van der Waals surface area contributed by atoms with E-state index < -0.39 is 0 Å². The molecule has 0 amide bonds. The topological polar surface area (TPSA) is 14.3 Å². The molecule has 4 aromatic heterocycles. The standard InChI is InChI=1S/C42H25N3/c1-5-16-36-28(10-1)29-11-2-6-17-37(29)43(36)26-20-22-40-34(24-26)31-13-4-7-18-38(31)44(40)27-21-23-41-35(25-27)33-15-9-14-32-30-12-3-8-19-39(30)45(41)42(32)33/h1-25H. The largest absolute Gasteiger partial charge is 0.309 e. The number of fused-ring (bicyclic) bond motifs is 12. The van der Waals surface area contributed by atoms with Crippen LogP contribution in [0.2, 0.25) is 0 Å². The van der Waals surface area contributed by atoms with Crippen LogP contribution in [0.1, 0.15) is 0 Å². The number of aromatic nitrogens is 3. The quantitative estimate of drug-likeness (QED) is 0.196. The Labute approximate surface area is 257 Å². The summed E-state index contributed by atoms with van der Waals surface area (Å²) in [5.74, 6) is 0. The van der Waals surface area contributed by atoms with Crippen LogP contribution >= 0.6 is 0 Å². The van der Waals surface area contributed by atoms with Gasteiger partial charge < -0.3 is 13.5 Å². The fourth-order valence-electron chi connectivity index (χ4n) is 8.14. The zero-order valence-corrected chi connectivity index (χ0v) is 24.3. The lowest BCUT2D eigenvalue weighted by Gasteiger charge is -2.11. The lowest BCUT2D eigenvalue weighted by molar-refractivity contribution is 1.17. The highest BCUT2D eigenvalue weighted by Crippen LogP contribution is 2.41. The Morgan fingerprint density at radius 3 is 1.20 bits per heavy atom. The SMILES string of the molecule is c1ccc2c(c1)c1ccccc1n2-c1ccc2c(c1)c1ccccc1n2-c1ccc2c(c1)c1cccc3c4ccccc4n2c31. The number of hydrogen-bond donors (Lipinski definition) is 0. The molecule has 0 unspecified atom stereocenters. The highest BCUT2D eigenvalue weighted by atomic mass is 15.0. The monoisotopic (exact) mass is 571 g/mol. The third kappa shape index (κ3) is 2.90. The van der Waals surface area contributed by atoms with Crippen molar-refractivity contribution < 1.29 is 0 Å². The fourth-order valence-corrected chi connectivity index (χ4v) is 8.14. The van der Waals surface area contributed by atoms with Gasteiger partial charge in [0.25, 0.3) is 0 Å². The number of nitrogens with zero attached hydrogens (tertiary/aromatic N) is 3. The van der Waals surface area contributed by atoms with Gasteiger partial charge in [0.2, 0.25) is 0 Å². The van der Waals surface area contributed by atoms with Crippen LogP contribution in [0.4, 0.5) is 0 Å². The highest BCUT2D eigenvalue weighted by molar-refractivity contribution is 6.23. The van der Waals surface area contributed by atoms with E-state index in [-0.39, 0.29) is 0 Å². The lowest BCUT2D eigenvalue weighted by Crippen LogP contribution is -1.96. The Kier molecular flexibility index (Phi) is 4.32. The Morgan fingerprint density at radius 1 is 0.267 bits per heavy atom. The second-order valence-electron chi connectivity index (χ2n) is 12.2. The average molecular weight is 572 g/mol. The van der Waals surface area contributed by atoms with Crippen molar-refractivity contribution in [3.05, 3.63) is 152 Å². The second kappa shape index (κ2) is 8.31. The molecule has 0 aliphatic carbocycles. The molecular weight excluding hydrogens is 546 g/mol. The molecule has 0 aliphatic heterocycles. The molecule has 11 aromatic rings. The van der Waals surface area contributed by atoms with Crippen LogP contribution in [0.5, 0.6) is 0 Å². The van der Waals surface area contributed by atoms with Gasteiger partial charge in [0.05, 0.1) is 38.6 Å². The van der Waals surface area contributed by atoms with Gasteiger partial charge in [-0.25, -0.2) is 0 Å². The summed E-state index contributed by atoms with van der Waals surface area (Å²) in [5, 5.41) is 10.3. The van der Waals surface area contributed by atoms with Crippen molar-refractivity contribution in [2.24, 2.45) is 0 Å². The minimum Gasteiger partial charge on any atom is -0.309 e. The van der Waals surface area contributed by atoms with E-state index in [0.29, 0.717) is 0 Å². The van der Waals surface area contributed by atoms with Crippen LogP contribution in [0.15, 0.2) is 152 Å². The van der Waals surface area contributed by atoms with Gasteiger partial charge in [-0.1, -0.05) is 91.0 Å². The Hall–Kier alpha value is -6.06. The summed E-state index contributed by atoms with van der Waals surface area (Å²) in [6.07, 6.45) is 0. The van der Waals surface area contributed by atoms with Gasteiger partial charge in [-0.15, -0.1) is 0 Å². The zero-order valence-electron chi connectivity index (χ0n) is 24.3. The van der Waals surface area contributed by atoms with Crippen LogP contribution < -0.4 is 0 Å². The predicted octanol–water partition coefficient (Wildman–Crippen LogP) is 11.0. The molecule has 3 nitrogen and oxygen atoms in total. The minimum absolute atomic E-state index is 1.18. The Balaban J connectivity index is 1.20. The van der Waals surface area contributed by atoms with Gasteiger partial charge in [-0.05, 0) is 60.7 Å². The lowest BCUT2D eigenvalue weighted by atomic mass is 10.1. The number of hydrogen-bond acceptors (Lipinski definition) is 0. The first-order chi connectivity index (χ1) is 22.3. The molecule has 0 aliphatic rings. The maximum Gasteiger partial charge on any atom is 0.0620 e. The van der Waals surface area contributed by atoms with Crippen LogP contribution in [-0.4, -0.2) is 13.5 Å². The Morgan fingerprint density at radius 2 is 0.622 bits per heavy atom. The normalized spacial score (nSPS) is 12.4. The summed E-state index contributed by atoms with van der Waals surface area (Å²) in [6.45, 7) is 0. The van der Waals surface area contributed by atoms with Crippen molar-refractivity contribution in [2.45, 2.75) is 0 Å². The first-order valence-corrected chi connectivity index (χ1v) is 15.5. The van der Waals surface area contributed by atoms with E-state index in [9.17, 15) is 0 Å². The molecule has 0 atom stereocenters. The molecule has 0 saturated heterocycles. The highest BCUT2D eigenvalue weighted by Gasteiger charge is 2.19. The molecule has 4 heterocycles. The van der Waals surface area contributed by atoms with Crippen molar-refractivity contribution in [3.63, 3.8) is 0 Å². The van der Waals surface area contributed by atoms with E-state index in [4.69, 9.17) is 0 Å². The van der Waals surface area contributed by atoms with Crippen molar-refractivity contribution in [2.75, 3.05) is 0 Å². The molecule has 0 fully saturated rings. The minimum atomic E-state index is 1.18. The summed E-state index contributed by atoms with van der Waals surface area (Å²) in [6, 6.07) is 55.7. The van der Waals surface area contributed by atoms with Gasteiger partial charge in [0.1, 0.15) is 0 Å². The third-order valence-electron chi connectivity index (χ3n) is 9.96. The smallest absolute Gasteiger partial charge is 0.0620 e. The molecule has 7 aromatic carbocycles.